The standard InChI is InChI=1S/C22H30N4O2/c1-23-22(24-16-19-9-10-20(27-2)15-21(19)28-3)26-13-11-25(12-14-26)17-18-7-5-4-6-8-18/h4-10,15H,11-14,16-17H2,1-3H3,(H,23,24). The maximum absolute atomic E-state index is 5.49. The summed E-state index contributed by atoms with van der Waals surface area (Å²) in [6.45, 7) is 5.65. The summed E-state index contributed by atoms with van der Waals surface area (Å²) in [7, 11) is 5.18. The molecule has 28 heavy (non-hydrogen) atoms. The van der Waals surface area contributed by atoms with Crippen LogP contribution in [0.3, 0.4) is 0 Å². The third-order valence-corrected chi connectivity index (χ3v) is 5.06. The first-order valence-corrected chi connectivity index (χ1v) is 9.66. The van der Waals surface area contributed by atoms with Crippen LogP contribution in [0.2, 0.25) is 0 Å². The molecule has 0 spiro atoms. The molecule has 1 N–H and O–H groups in total. The molecule has 0 bridgehead atoms. The summed E-state index contributed by atoms with van der Waals surface area (Å²) in [4.78, 5) is 9.28. The Kier molecular flexibility index (Phi) is 7.14. The maximum atomic E-state index is 5.49. The number of nitrogens with zero attached hydrogens (tertiary/aromatic N) is 3. The fourth-order valence-electron chi connectivity index (χ4n) is 3.46. The molecular formula is C22H30N4O2. The van der Waals surface area contributed by atoms with Gasteiger partial charge in [0.1, 0.15) is 11.5 Å². The van der Waals surface area contributed by atoms with Gasteiger partial charge in [0.2, 0.25) is 0 Å². The zero-order valence-corrected chi connectivity index (χ0v) is 17.0. The Morgan fingerprint density at radius 1 is 1.00 bits per heavy atom. The van der Waals surface area contributed by atoms with E-state index in [-0.39, 0.29) is 0 Å². The quantitative estimate of drug-likeness (QED) is 0.615. The predicted molar refractivity (Wildman–Crippen MR) is 113 cm³/mol. The lowest BCUT2D eigenvalue weighted by Gasteiger charge is -2.36. The zero-order valence-electron chi connectivity index (χ0n) is 17.0. The number of aliphatic imine (C=N–C) groups is 1. The molecule has 0 unspecified atom stereocenters. The van der Waals surface area contributed by atoms with Crippen molar-refractivity contribution in [3.63, 3.8) is 0 Å². The van der Waals surface area contributed by atoms with Crippen molar-refractivity contribution < 1.29 is 9.47 Å². The van der Waals surface area contributed by atoms with Crippen LogP contribution in [0.1, 0.15) is 11.1 Å². The second-order valence-corrected chi connectivity index (χ2v) is 6.83. The van der Waals surface area contributed by atoms with Gasteiger partial charge < -0.3 is 19.7 Å². The van der Waals surface area contributed by atoms with Gasteiger partial charge >= 0.3 is 0 Å². The largest absolute Gasteiger partial charge is 0.497 e. The minimum absolute atomic E-state index is 0.657. The first-order chi connectivity index (χ1) is 13.7. The minimum atomic E-state index is 0.657. The van der Waals surface area contributed by atoms with Crippen LogP contribution >= 0.6 is 0 Å². The average Bonchev–Trinajstić information content (AvgIpc) is 2.76. The number of hydrogen-bond donors (Lipinski definition) is 1. The Balaban J connectivity index is 1.52. The fraction of sp³-hybridized carbons (Fsp3) is 0.409. The van der Waals surface area contributed by atoms with Crippen molar-refractivity contribution in [3.8, 4) is 11.5 Å². The van der Waals surface area contributed by atoms with Crippen LogP contribution in [-0.2, 0) is 13.1 Å². The van der Waals surface area contributed by atoms with E-state index in [0.717, 1.165) is 55.7 Å². The highest BCUT2D eigenvalue weighted by Gasteiger charge is 2.19. The summed E-state index contributed by atoms with van der Waals surface area (Å²) in [5.41, 5.74) is 2.44. The molecule has 1 heterocycles. The second-order valence-electron chi connectivity index (χ2n) is 6.83. The van der Waals surface area contributed by atoms with Gasteiger partial charge in [-0.05, 0) is 17.7 Å². The topological polar surface area (TPSA) is 49.3 Å². The van der Waals surface area contributed by atoms with Gasteiger partial charge in [-0.2, -0.15) is 0 Å². The van der Waals surface area contributed by atoms with Crippen LogP contribution in [0.25, 0.3) is 0 Å². The summed E-state index contributed by atoms with van der Waals surface area (Å²) < 4.78 is 10.8. The van der Waals surface area contributed by atoms with Crippen LogP contribution < -0.4 is 14.8 Å². The number of rotatable bonds is 6. The molecule has 0 atom stereocenters. The third kappa shape index (κ3) is 5.16. The van der Waals surface area contributed by atoms with E-state index in [2.05, 4.69) is 50.4 Å². The first-order valence-electron chi connectivity index (χ1n) is 9.66. The van der Waals surface area contributed by atoms with E-state index >= 15 is 0 Å². The van der Waals surface area contributed by atoms with Crippen LogP contribution in [0.15, 0.2) is 53.5 Å². The van der Waals surface area contributed by atoms with E-state index in [1.165, 1.54) is 5.56 Å². The van der Waals surface area contributed by atoms with Crippen molar-refractivity contribution in [1.29, 1.82) is 0 Å². The van der Waals surface area contributed by atoms with E-state index < -0.39 is 0 Å². The summed E-state index contributed by atoms with van der Waals surface area (Å²) >= 11 is 0. The molecule has 0 radical (unpaired) electrons. The Hall–Kier alpha value is -2.73. The van der Waals surface area contributed by atoms with E-state index in [9.17, 15) is 0 Å². The summed E-state index contributed by atoms with van der Waals surface area (Å²) in [6.07, 6.45) is 0. The van der Waals surface area contributed by atoms with Crippen molar-refractivity contribution in [2.45, 2.75) is 13.1 Å². The Morgan fingerprint density at radius 2 is 1.75 bits per heavy atom. The molecule has 6 nitrogen and oxygen atoms in total. The molecule has 0 aliphatic carbocycles. The average molecular weight is 383 g/mol. The van der Waals surface area contributed by atoms with Gasteiger partial charge in [-0.25, -0.2) is 0 Å². The Labute approximate surface area is 167 Å². The lowest BCUT2D eigenvalue weighted by atomic mass is 10.2. The molecule has 1 fully saturated rings. The van der Waals surface area contributed by atoms with Crippen molar-refractivity contribution in [2.24, 2.45) is 4.99 Å². The van der Waals surface area contributed by atoms with Gasteiger partial charge in [-0.1, -0.05) is 30.3 Å². The van der Waals surface area contributed by atoms with Gasteiger partial charge in [-0.3, -0.25) is 9.89 Å². The molecule has 1 saturated heterocycles. The summed E-state index contributed by atoms with van der Waals surface area (Å²) in [5.74, 6) is 2.53. The number of benzene rings is 2. The molecule has 1 aliphatic rings. The minimum Gasteiger partial charge on any atom is -0.497 e. The zero-order chi connectivity index (χ0) is 19.8. The maximum Gasteiger partial charge on any atom is 0.194 e. The number of nitrogens with one attached hydrogen (secondary N) is 1. The molecule has 150 valence electrons. The van der Waals surface area contributed by atoms with Crippen molar-refractivity contribution >= 4 is 5.96 Å². The number of guanidine groups is 1. The highest BCUT2D eigenvalue weighted by atomic mass is 16.5. The van der Waals surface area contributed by atoms with E-state index in [1.54, 1.807) is 14.2 Å². The molecule has 0 amide bonds. The van der Waals surface area contributed by atoms with Gasteiger partial charge in [-0.15, -0.1) is 0 Å². The van der Waals surface area contributed by atoms with Crippen molar-refractivity contribution in [3.05, 3.63) is 59.7 Å². The number of hydrogen-bond acceptors (Lipinski definition) is 4. The molecule has 2 aromatic carbocycles. The van der Waals surface area contributed by atoms with Crippen molar-refractivity contribution in [2.75, 3.05) is 47.4 Å². The lowest BCUT2D eigenvalue weighted by molar-refractivity contribution is 0.172. The Bertz CT molecular complexity index is 771. The van der Waals surface area contributed by atoms with Crippen LogP contribution in [0, 0.1) is 0 Å². The third-order valence-electron chi connectivity index (χ3n) is 5.06. The molecule has 2 aromatic rings. The molecule has 3 rings (SSSR count). The van der Waals surface area contributed by atoms with E-state index in [0.29, 0.717) is 6.54 Å². The van der Waals surface area contributed by atoms with Crippen molar-refractivity contribution in [1.82, 2.24) is 15.1 Å². The fourth-order valence-corrected chi connectivity index (χ4v) is 3.46. The molecule has 6 heteroatoms. The summed E-state index contributed by atoms with van der Waals surface area (Å²) in [6, 6.07) is 16.5. The Morgan fingerprint density at radius 3 is 2.39 bits per heavy atom. The normalized spacial score (nSPS) is 15.4. The smallest absolute Gasteiger partial charge is 0.194 e. The monoisotopic (exact) mass is 382 g/mol. The van der Waals surface area contributed by atoms with E-state index in [4.69, 9.17) is 9.47 Å². The molecule has 0 saturated carbocycles. The molecular weight excluding hydrogens is 352 g/mol. The second kappa shape index (κ2) is 9.99. The van der Waals surface area contributed by atoms with Crippen LogP contribution in [0.5, 0.6) is 11.5 Å². The van der Waals surface area contributed by atoms with Crippen LogP contribution in [-0.4, -0.2) is 63.2 Å². The van der Waals surface area contributed by atoms with Gasteiger partial charge in [0.25, 0.3) is 0 Å². The van der Waals surface area contributed by atoms with Gasteiger partial charge in [0.15, 0.2) is 5.96 Å². The number of ether oxygens (including phenoxy) is 2. The first kappa shape index (κ1) is 20.0. The highest BCUT2D eigenvalue weighted by molar-refractivity contribution is 5.80. The number of piperazine rings is 1. The van der Waals surface area contributed by atoms with Gasteiger partial charge in [0.05, 0.1) is 14.2 Å². The SMILES string of the molecule is CN=C(NCc1ccc(OC)cc1OC)N1CCN(Cc2ccccc2)CC1. The molecule has 0 aromatic heterocycles. The number of methoxy groups -OCH3 is 2. The van der Waals surface area contributed by atoms with E-state index in [1.807, 2.05) is 25.2 Å². The van der Waals surface area contributed by atoms with Crippen LogP contribution in [0.4, 0.5) is 0 Å². The lowest BCUT2D eigenvalue weighted by Crippen LogP contribution is -2.52. The van der Waals surface area contributed by atoms with Gasteiger partial charge in [0, 0.05) is 57.9 Å². The highest BCUT2D eigenvalue weighted by Crippen LogP contribution is 2.24. The molecule has 1 aliphatic heterocycles. The predicted octanol–water partition coefficient (Wildman–Crippen LogP) is 2.60. The summed E-state index contributed by atoms with van der Waals surface area (Å²) in [5, 5.41) is 3.47.